The van der Waals surface area contributed by atoms with Crippen LogP contribution in [0.5, 0.6) is 23.0 Å². The van der Waals surface area contributed by atoms with Gasteiger partial charge in [-0.25, -0.2) is 9.59 Å². The first-order valence-electron chi connectivity index (χ1n) is 22.1. The monoisotopic (exact) mass is 823 g/mol. The van der Waals surface area contributed by atoms with Crippen molar-refractivity contribution in [1.82, 2.24) is 0 Å². The van der Waals surface area contributed by atoms with Crippen molar-refractivity contribution in [3.8, 4) is 23.0 Å². The molecule has 0 amide bonds. The minimum absolute atomic E-state index is 0.387. The van der Waals surface area contributed by atoms with Gasteiger partial charge < -0.3 is 18.9 Å². The Balaban J connectivity index is 1.01. The van der Waals surface area contributed by atoms with Gasteiger partial charge in [0.05, 0.1) is 41.4 Å². The molecule has 5 aromatic rings. The highest BCUT2D eigenvalue weighted by Gasteiger charge is 2.11. The van der Waals surface area contributed by atoms with Crippen molar-refractivity contribution < 1.29 is 28.5 Å². The van der Waals surface area contributed by atoms with Gasteiger partial charge in [-0.15, -0.1) is 0 Å². The number of carbonyl (C=O) groups is 2. The van der Waals surface area contributed by atoms with Gasteiger partial charge in [0.2, 0.25) is 0 Å². The van der Waals surface area contributed by atoms with E-state index in [-0.39, 0.29) is 0 Å². The van der Waals surface area contributed by atoms with E-state index in [4.69, 9.17) is 18.9 Å². The van der Waals surface area contributed by atoms with Crippen LogP contribution in [0.4, 0.5) is 17.1 Å². The van der Waals surface area contributed by atoms with E-state index in [2.05, 4.69) is 29.1 Å². The summed E-state index contributed by atoms with van der Waals surface area (Å²) in [7, 11) is 0. The molecule has 0 aliphatic rings. The Morgan fingerprint density at radius 1 is 0.443 bits per heavy atom. The highest BCUT2D eigenvalue weighted by Crippen LogP contribution is 2.25. The summed E-state index contributed by atoms with van der Waals surface area (Å²) < 4.78 is 23.0. The number of aliphatic imine (C=N–C) groups is 1. The summed E-state index contributed by atoms with van der Waals surface area (Å²) in [6, 6.07) is 35.4. The van der Waals surface area contributed by atoms with Crippen molar-refractivity contribution in [2.45, 2.75) is 110 Å². The highest BCUT2D eigenvalue weighted by atomic mass is 16.5. The molecule has 5 aromatic carbocycles. The summed E-state index contributed by atoms with van der Waals surface area (Å²) in [5.74, 6) is 1.41. The van der Waals surface area contributed by atoms with Crippen LogP contribution in [-0.2, 0) is 0 Å². The van der Waals surface area contributed by atoms with Crippen molar-refractivity contribution in [2.75, 3.05) is 13.2 Å². The van der Waals surface area contributed by atoms with Crippen molar-refractivity contribution in [3.63, 3.8) is 0 Å². The number of rotatable bonds is 27. The van der Waals surface area contributed by atoms with Crippen LogP contribution >= 0.6 is 0 Å². The van der Waals surface area contributed by atoms with Gasteiger partial charge in [0.25, 0.3) is 0 Å². The van der Waals surface area contributed by atoms with Gasteiger partial charge in [-0.05, 0) is 128 Å². The molecule has 0 bridgehead atoms. The number of esters is 2. The summed E-state index contributed by atoms with van der Waals surface area (Å²) >= 11 is 0. The fourth-order valence-corrected chi connectivity index (χ4v) is 6.48. The Kier molecular flexibility index (Phi) is 20.3. The molecule has 0 fully saturated rings. The molecule has 0 atom stereocenters. The lowest BCUT2D eigenvalue weighted by molar-refractivity contribution is 0.0725. The maximum Gasteiger partial charge on any atom is 0.343 e. The second-order valence-corrected chi connectivity index (χ2v) is 15.2. The highest BCUT2D eigenvalue weighted by molar-refractivity contribution is 5.92. The minimum atomic E-state index is -0.485. The van der Waals surface area contributed by atoms with Crippen LogP contribution in [0.25, 0.3) is 0 Å². The number of hydrogen-bond acceptors (Lipinski definition) is 9. The molecule has 0 saturated carbocycles. The molecular formula is C52H61N3O6. The zero-order valence-corrected chi connectivity index (χ0v) is 35.9. The maximum absolute atomic E-state index is 12.9. The topological polar surface area (TPSA) is 108 Å². The van der Waals surface area contributed by atoms with E-state index in [1.807, 2.05) is 30.3 Å². The molecule has 0 aliphatic carbocycles. The number of benzene rings is 5. The third kappa shape index (κ3) is 17.6. The predicted molar refractivity (Wildman–Crippen MR) is 245 cm³/mol. The van der Waals surface area contributed by atoms with Gasteiger partial charge in [-0.2, -0.15) is 10.2 Å². The van der Waals surface area contributed by atoms with E-state index in [0.29, 0.717) is 46.3 Å². The van der Waals surface area contributed by atoms with Gasteiger partial charge in [-0.1, -0.05) is 103 Å². The van der Waals surface area contributed by atoms with E-state index >= 15 is 0 Å². The van der Waals surface area contributed by atoms with E-state index in [0.717, 1.165) is 36.5 Å². The summed E-state index contributed by atoms with van der Waals surface area (Å²) in [5, 5.41) is 8.62. The first-order chi connectivity index (χ1) is 30.0. The molecule has 0 aliphatic heterocycles. The number of nitrogens with zero attached hydrogens (tertiary/aromatic N) is 3. The summed E-state index contributed by atoms with van der Waals surface area (Å²) in [4.78, 5) is 30.2. The molecule has 0 spiro atoms. The Labute approximate surface area is 362 Å². The number of azo groups is 1. The lowest BCUT2D eigenvalue weighted by Crippen LogP contribution is -2.08. The first-order valence-corrected chi connectivity index (χ1v) is 22.1. The van der Waals surface area contributed by atoms with Crippen molar-refractivity contribution in [3.05, 3.63) is 138 Å². The molecule has 320 valence electrons. The molecule has 0 heterocycles. The first kappa shape index (κ1) is 46.0. The molecule has 0 N–H and O–H groups in total. The van der Waals surface area contributed by atoms with Gasteiger partial charge in [0.1, 0.15) is 23.0 Å². The van der Waals surface area contributed by atoms with E-state index in [1.54, 1.807) is 97.2 Å². The summed E-state index contributed by atoms with van der Waals surface area (Å²) in [5.41, 5.74) is 3.57. The van der Waals surface area contributed by atoms with Crippen LogP contribution in [0.1, 0.15) is 136 Å². The average Bonchev–Trinajstić information content (AvgIpc) is 3.29. The molecule has 9 nitrogen and oxygen atoms in total. The zero-order chi connectivity index (χ0) is 42.7. The van der Waals surface area contributed by atoms with Gasteiger partial charge >= 0.3 is 11.9 Å². The standard InChI is InChI=1S/C52H61N3O6/c1-3-5-7-9-11-13-15-17-37-58-47-33-25-43(26-34-47)52(57)61-50-20-18-19-46(39-50)53-40-41-21-31-49(32-22-41)60-51(56)42-23-27-44(28-24-42)54-55-45-29-35-48(36-30-45)59-38-16-14-12-10-8-6-4-2/h18-36,39-40H,3-17,37-38H2,1-2H3. The third-order valence-corrected chi connectivity index (χ3v) is 10.1. The molecule has 61 heavy (non-hydrogen) atoms. The minimum Gasteiger partial charge on any atom is -0.494 e. The van der Waals surface area contributed by atoms with Crippen molar-refractivity contribution >= 4 is 35.2 Å². The van der Waals surface area contributed by atoms with Crippen molar-refractivity contribution in [1.29, 1.82) is 0 Å². The molecule has 0 radical (unpaired) electrons. The second-order valence-electron chi connectivity index (χ2n) is 15.2. The predicted octanol–water partition coefficient (Wildman–Crippen LogP) is 14.9. The smallest absolute Gasteiger partial charge is 0.343 e. The lowest BCUT2D eigenvalue weighted by Gasteiger charge is -2.08. The van der Waals surface area contributed by atoms with E-state index in [1.165, 1.54) is 83.5 Å². The normalized spacial score (nSPS) is 11.2. The van der Waals surface area contributed by atoms with Crippen LogP contribution < -0.4 is 18.9 Å². The fraction of sp³-hybridized carbons (Fsp3) is 0.365. The largest absolute Gasteiger partial charge is 0.494 e. The van der Waals surface area contributed by atoms with Crippen LogP contribution in [-0.4, -0.2) is 31.4 Å². The molecule has 9 heteroatoms. The fourth-order valence-electron chi connectivity index (χ4n) is 6.48. The molecular weight excluding hydrogens is 763 g/mol. The second kappa shape index (κ2) is 26.9. The third-order valence-electron chi connectivity index (χ3n) is 10.1. The Morgan fingerprint density at radius 2 is 0.869 bits per heavy atom. The number of ether oxygens (including phenoxy) is 4. The quantitative estimate of drug-likeness (QED) is 0.0172. The Hall–Kier alpha value is -6.09. The lowest BCUT2D eigenvalue weighted by atomic mass is 10.1. The van der Waals surface area contributed by atoms with Crippen LogP contribution in [0.15, 0.2) is 137 Å². The summed E-state index contributed by atoms with van der Waals surface area (Å²) in [6.07, 6.45) is 20.4. The maximum atomic E-state index is 12.9. The van der Waals surface area contributed by atoms with E-state index < -0.39 is 11.9 Å². The Bertz CT molecular complexity index is 2080. The van der Waals surface area contributed by atoms with Gasteiger partial charge in [0, 0.05) is 12.3 Å². The number of hydrogen-bond donors (Lipinski definition) is 0. The zero-order valence-electron chi connectivity index (χ0n) is 35.9. The van der Waals surface area contributed by atoms with Crippen LogP contribution in [0, 0.1) is 0 Å². The SMILES string of the molecule is CCCCCCCCCCOc1ccc(C(=O)Oc2cccc(N=Cc3ccc(OC(=O)c4ccc(N=Nc5ccc(OCCCCCCCCC)cc5)cc4)cc3)c2)cc1. The number of unbranched alkanes of at least 4 members (excludes halogenated alkanes) is 13. The van der Waals surface area contributed by atoms with Gasteiger partial charge in [0.15, 0.2) is 0 Å². The number of carbonyl (C=O) groups excluding carboxylic acids is 2. The molecule has 0 unspecified atom stereocenters. The van der Waals surface area contributed by atoms with Crippen LogP contribution in [0.2, 0.25) is 0 Å². The van der Waals surface area contributed by atoms with Gasteiger partial charge in [-0.3, -0.25) is 4.99 Å². The van der Waals surface area contributed by atoms with Crippen molar-refractivity contribution in [2.24, 2.45) is 15.2 Å². The van der Waals surface area contributed by atoms with E-state index in [9.17, 15) is 9.59 Å². The average molecular weight is 824 g/mol. The van der Waals surface area contributed by atoms with Crippen LogP contribution in [0.3, 0.4) is 0 Å². The summed E-state index contributed by atoms with van der Waals surface area (Å²) in [6.45, 7) is 5.86. The Morgan fingerprint density at radius 3 is 1.39 bits per heavy atom. The molecule has 0 aromatic heterocycles. The molecule has 5 rings (SSSR count). The molecule has 0 saturated heterocycles.